The van der Waals surface area contributed by atoms with Crippen LogP contribution in [0.2, 0.25) is 5.02 Å². The largest absolute Gasteiger partial charge is 0.339 e. The molecule has 17 heavy (non-hydrogen) atoms. The van der Waals surface area contributed by atoms with Crippen molar-refractivity contribution in [2.45, 2.75) is 0 Å². The lowest BCUT2D eigenvalue weighted by Crippen LogP contribution is -1.95. The van der Waals surface area contributed by atoms with E-state index in [2.05, 4.69) is 32.3 Å². The Morgan fingerprint density at radius 2 is 2.12 bits per heavy atom. The van der Waals surface area contributed by atoms with E-state index in [-0.39, 0.29) is 0 Å². The summed E-state index contributed by atoms with van der Waals surface area (Å²) in [5.41, 5.74) is 1.27. The minimum absolute atomic E-state index is 0.552. The summed E-state index contributed by atoms with van der Waals surface area (Å²) in [7, 11) is 0. The molecule has 3 nitrogen and oxygen atoms in total. The summed E-state index contributed by atoms with van der Waals surface area (Å²) in [5, 5.41) is 12.7. The van der Waals surface area contributed by atoms with Gasteiger partial charge < -0.3 is 5.32 Å². The molecule has 1 heterocycles. The van der Waals surface area contributed by atoms with Gasteiger partial charge in [-0.25, -0.2) is 4.98 Å². The van der Waals surface area contributed by atoms with Gasteiger partial charge in [-0.3, -0.25) is 0 Å². The fourth-order valence-electron chi connectivity index (χ4n) is 1.31. The molecule has 1 aromatic heterocycles. The van der Waals surface area contributed by atoms with Gasteiger partial charge in [0.2, 0.25) is 0 Å². The fourth-order valence-corrected chi connectivity index (χ4v) is 1.78. The minimum Gasteiger partial charge on any atom is -0.339 e. The standard InChI is InChI=1S/C12H7BrClN3/c13-9-1-3-11(8(5-9)6-15)17-12-4-2-10(14)7-16-12/h1-5,7H,(H,16,17). The fraction of sp³-hybridized carbons (Fsp3) is 0. The second kappa shape index (κ2) is 5.17. The molecule has 0 spiro atoms. The third-order valence-electron chi connectivity index (χ3n) is 2.09. The van der Waals surface area contributed by atoms with Crippen LogP contribution < -0.4 is 5.32 Å². The van der Waals surface area contributed by atoms with Crippen LogP contribution in [0.4, 0.5) is 11.5 Å². The summed E-state index contributed by atoms with van der Waals surface area (Å²) in [6, 6.07) is 11.0. The Bertz CT molecular complexity index is 575. The zero-order valence-electron chi connectivity index (χ0n) is 8.61. The second-order valence-electron chi connectivity index (χ2n) is 3.29. The van der Waals surface area contributed by atoms with Gasteiger partial charge in [0.25, 0.3) is 0 Å². The highest BCUT2D eigenvalue weighted by molar-refractivity contribution is 9.10. The molecule has 1 N–H and O–H groups in total. The van der Waals surface area contributed by atoms with Gasteiger partial charge >= 0.3 is 0 Å². The summed E-state index contributed by atoms with van der Waals surface area (Å²) >= 11 is 9.07. The maximum absolute atomic E-state index is 9.01. The van der Waals surface area contributed by atoms with Crippen LogP contribution in [0.25, 0.3) is 0 Å². The lowest BCUT2D eigenvalue weighted by Gasteiger charge is -2.07. The first-order chi connectivity index (χ1) is 8.19. The van der Waals surface area contributed by atoms with Gasteiger partial charge in [0.15, 0.2) is 0 Å². The smallest absolute Gasteiger partial charge is 0.130 e. The third-order valence-corrected chi connectivity index (χ3v) is 2.81. The molecule has 0 aliphatic carbocycles. The number of pyridine rings is 1. The molecule has 2 aromatic rings. The highest BCUT2D eigenvalue weighted by atomic mass is 79.9. The van der Waals surface area contributed by atoms with Gasteiger partial charge in [-0.2, -0.15) is 5.26 Å². The molecule has 0 aliphatic heterocycles. The molecular formula is C12H7BrClN3. The molecule has 0 fully saturated rings. The van der Waals surface area contributed by atoms with Gasteiger partial charge in [-0.15, -0.1) is 0 Å². The number of hydrogen-bond donors (Lipinski definition) is 1. The molecule has 0 atom stereocenters. The Morgan fingerprint density at radius 1 is 1.29 bits per heavy atom. The van der Waals surface area contributed by atoms with Crippen LogP contribution in [-0.4, -0.2) is 4.98 Å². The maximum atomic E-state index is 9.01. The van der Waals surface area contributed by atoms with Crippen LogP contribution in [-0.2, 0) is 0 Å². The maximum Gasteiger partial charge on any atom is 0.130 e. The summed E-state index contributed by atoms with van der Waals surface area (Å²) < 4.78 is 0.865. The van der Waals surface area contributed by atoms with Crippen molar-refractivity contribution in [3.63, 3.8) is 0 Å². The molecule has 1 aromatic carbocycles. The normalized spacial score (nSPS) is 9.71. The average Bonchev–Trinajstić information content (AvgIpc) is 2.34. The summed E-state index contributed by atoms with van der Waals surface area (Å²) in [6.07, 6.45) is 1.55. The van der Waals surface area contributed by atoms with E-state index >= 15 is 0 Å². The highest BCUT2D eigenvalue weighted by Crippen LogP contribution is 2.23. The van der Waals surface area contributed by atoms with E-state index in [1.165, 1.54) is 0 Å². The van der Waals surface area contributed by atoms with Gasteiger partial charge in [-0.05, 0) is 30.3 Å². The van der Waals surface area contributed by atoms with Crippen LogP contribution in [0, 0.1) is 11.3 Å². The lowest BCUT2D eigenvalue weighted by atomic mass is 10.2. The number of rotatable bonds is 2. The van der Waals surface area contributed by atoms with E-state index < -0.39 is 0 Å². The zero-order chi connectivity index (χ0) is 12.3. The van der Waals surface area contributed by atoms with Crippen molar-refractivity contribution < 1.29 is 0 Å². The van der Waals surface area contributed by atoms with Crippen molar-refractivity contribution in [2.75, 3.05) is 5.32 Å². The Hall–Kier alpha value is -1.57. The van der Waals surface area contributed by atoms with Crippen molar-refractivity contribution in [2.24, 2.45) is 0 Å². The van der Waals surface area contributed by atoms with E-state index in [0.717, 1.165) is 4.47 Å². The van der Waals surface area contributed by atoms with Crippen molar-refractivity contribution in [3.8, 4) is 6.07 Å². The topological polar surface area (TPSA) is 48.7 Å². The first-order valence-corrected chi connectivity index (χ1v) is 5.94. The quantitative estimate of drug-likeness (QED) is 0.908. The first kappa shape index (κ1) is 11.9. The molecule has 0 radical (unpaired) electrons. The van der Waals surface area contributed by atoms with Crippen LogP contribution >= 0.6 is 27.5 Å². The van der Waals surface area contributed by atoms with E-state index in [4.69, 9.17) is 16.9 Å². The van der Waals surface area contributed by atoms with E-state index in [0.29, 0.717) is 22.1 Å². The average molecular weight is 309 g/mol. The van der Waals surface area contributed by atoms with Crippen molar-refractivity contribution in [1.82, 2.24) is 4.98 Å². The lowest BCUT2D eigenvalue weighted by molar-refractivity contribution is 1.30. The summed E-state index contributed by atoms with van der Waals surface area (Å²) in [5.74, 6) is 0.647. The second-order valence-corrected chi connectivity index (χ2v) is 4.64. The zero-order valence-corrected chi connectivity index (χ0v) is 11.0. The number of halogens is 2. The Morgan fingerprint density at radius 3 is 2.76 bits per heavy atom. The van der Waals surface area contributed by atoms with E-state index in [1.54, 1.807) is 24.4 Å². The Kier molecular flexibility index (Phi) is 3.62. The van der Waals surface area contributed by atoms with Crippen molar-refractivity contribution in [3.05, 3.63) is 51.6 Å². The predicted molar refractivity (Wildman–Crippen MR) is 71.4 cm³/mol. The molecule has 84 valence electrons. The SMILES string of the molecule is N#Cc1cc(Br)ccc1Nc1ccc(Cl)cn1. The number of aromatic nitrogens is 1. The van der Waals surface area contributed by atoms with Gasteiger partial charge in [0, 0.05) is 10.7 Å². The molecular weight excluding hydrogens is 302 g/mol. The first-order valence-electron chi connectivity index (χ1n) is 4.77. The predicted octanol–water partition coefficient (Wildman–Crippen LogP) is 4.11. The Balaban J connectivity index is 2.30. The molecule has 0 amide bonds. The van der Waals surface area contributed by atoms with Crippen molar-refractivity contribution >= 4 is 39.0 Å². The van der Waals surface area contributed by atoms with Gasteiger partial charge in [-0.1, -0.05) is 27.5 Å². The highest BCUT2D eigenvalue weighted by Gasteiger charge is 2.03. The summed E-state index contributed by atoms with van der Waals surface area (Å²) in [6.45, 7) is 0. The number of nitrogens with one attached hydrogen (secondary N) is 1. The van der Waals surface area contributed by atoms with Crippen LogP contribution in [0.3, 0.4) is 0 Å². The van der Waals surface area contributed by atoms with Gasteiger partial charge in [0.1, 0.15) is 11.9 Å². The molecule has 0 bridgehead atoms. The van der Waals surface area contributed by atoms with Crippen LogP contribution in [0.15, 0.2) is 41.0 Å². The minimum atomic E-state index is 0.552. The third kappa shape index (κ3) is 2.96. The van der Waals surface area contributed by atoms with Crippen LogP contribution in [0.5, 0.6) is 0 Å². The number of anilines is 2. The molecule has 0 saturated carbocycles. The number of hydrogen-bond acceptors (Lipinski definition) is 3. The van der Waals surface area contributed by atoms with Crippen molar-refractivity contribution in [1.29, 1.82) is 5.26 Å². The van der Waals surface area contributed by atoms with Crippen LogP contribution in [0.1, 0.15) is 5.56 Å². The molecule has 0 aliphatic rings. The van der Waals surface area contributed by atoms with E-state index in [9.17, 15) is 0 Å². The number of nitriles is 1. The molecule has 0 saturated heterocycles. The number of nitrogens with zero attached hydrogens (tertiary/aromatic N) is 2. The molecule has 0 unspecified atom stereocenters. The summed E-state index contributed by atoms with van der Waals surface area (Å²) in [4.78, 5) is 4.11. The number of benzene rings is 1. The molecule has 2 rings (SSSR count). The van der Waals surface area contributed by atoms with Gasteiger partial charge in [0.05, 0.1) is 16.3 Å². The molecule has 5 heteroatoms. The monoisotopic (exact) mass is 307 g/mol. The van der Waals surface area contributed by atoms with E-state index in [1.807, 2.05) is 12.1 Å². The Labute approximate surface area is 112 Å².